The molecular formula is C39H39ClN8O2. The number of carbonyl (C=O) groups excluding carboxylic acids is 2. The van der Waals surface area contributed by atoms with E-state index in [2.05, 4.69) is 47.7 Å². The molecule has 0 saturated carbocycles. The summed E-state index contributed by atoms with van der Waals surface area (Å²) in [7, 11) is 0. The Morgan fingerprint density at radius 1 is 0.760 bits per heavy atom. The van der Waals surface area contributed by atoms with E-state index in [1.54, 1.807) is 24.5 Å². The van der Waals surface area contributed by atoms with Crippen LogP contribution in [0.25, 0.3) is 22.4 Å². The van der Waals surface area contributed by atoms with E-state index < -0.39 is 0 Å². The van der Waals surface area contributed by atoms with Crippen LogP contribution in [0.4, 0.5) is 5.82 Å². The van der Waals surface area contributed by atoms with Gasteiger partial charge < -0.3 is 15.5 Å². The Kier molecular flexibility index (Phi) is 10.4. The van der Waals surface area contributed by atoms with Gasteiger partial charge in [0.15, 0.2) is 0 Å². The number of amides is 2. The second-order valence-corrected chi connectivity index (χ2v) is 13.3. The Morgan fingerprint density at radius 2 is 1.50 bits per heavy atom. The number of pyridine rings is 2. The van der Waals surface area contributed by atoms with E-state index in [4.69, 9.17) is 16.6 Å². The molecule has 2 saturated heterocycles. The molecule has 0 bridgehead atoms. The van der Waals surface area contributed by atoms with Gasteiger partial charge in [-0.1, -0.05) is 48.0 Å². The topological polar surface area (TPSA) is 116 Å². The molecule has 2 N–H and O–H groups in total. The number of anilines is 1. The molecule has 5 heterocycles. The molecule has 0 unspecified atom stereocenters. The lowest BCUT2D eigenvalue weighted by Crippen LogP contribution is -2.45. The minimum Gasteiger partial charge on any atom is -0.356 e. The molecule has 0 spiro atoms. The monoisotopic (exact) mass is 686 g/mol. The maximum absolute atomic E-state index is 13.2. The Morgan fingerprint density at radius 3 is 2.22 bits per heavy atom. The third kappa shape index (κ3) is 7.98. The smallest absolute Gasteiger partial charge is 0.253 e. The zero-order chi connectivity index (χ0) is 34.3. The standard InChI is InChI=1S/C39H39ClN8O2/c40-37-33(35-10-4-18-43-46-35)8-2-9-34(37)39(50)45-31-13-19-47(20-14-31)26-27-11-12-36(42-24-27)48-21-15-32(16-22-48)44-38(49)29-6-1-5-28(23-29)30-7-3-17-41-25-30/h1-12,17-18,23-25,31-32H,13-16,19-22,26H2,(H,44,49)(H,45,50). The third-order valence-corrected chi connectivity index (χ3v) is 9.91. The molecule has 0 radical (unpaired) electrons. The van der Waals surface area contributed by atoms with E-state index in [9.17, 15) is 9.59 Å². The molecule has 2 aliphatic rings. The lowest BCUT2D eigenvalue weighted by molar-refractivity contribution is 0.0906. The van der Waals surface area contributed by atoms with Gasteiger partial charge in [0.1, 0.15) is 5.82 Å². The molecule has 5 aromatic rings. The van der Waals surface area contributed by atoms with Gasteiger partial charge in [-0.3, -0.25) is 19.5 Å². The summed E-state index contributed by atoms with van der Waals surface area (Å²) in [6.45, 7) is 4.25. The summed E-state index contributed by atoms with van der Waals surface area (Å²) < 4.78 is 0. The van der Waals surface area contributed by atoms with Crippen molar-refractivity contribution in [2.75, 3.05) is 31.1 Å². The van der Waals surface area contributed by atoms with Gasteiger partial charge in [-0.15, -0.1) is 0 Å². The Bertz CT molecular complexity index is 1910. The number of piperidine rings is 2. The normalized spacial score (nSPS) is 15.8. The van der Waals surface area contributed by atoms with E-state index in [-0.39, 0.29) is 23.9 Å². The molecule has 10 nitrogen and oxygen atoms in total. The first-order valence-electron chi connectivity index (χ1n) is 17.1. The Balaban J connectivity index is 0.851. The van der Waals surface area contributed by atoms with Crippen LogP contribution < -0.4 is 15.5 Å². The summed E-state index contributed by atoms with van der Waals surface area (Å²) in [5.41, 5.74) is 5.56. The Hall–Kier alpha value is -5.19. The van der Waals surface area contributed by atoms with Gasteiger partial charge in [-0.25, -0.2) is 4.98 Å². The first-order valence-corrected chi connectivity index (χ1v) is 17.5. The minimum absolute atomic E-state index is 0.0446. The fourth-order valence-corrected chi connectivity index (χ4v) is 7.01. The molecular weight excluding hydrogens is 648 g/mol. The van der Waals surface area contributed by atoms with Gasteiger partial charge in [0.05, 0.1) is 16.3 Å². The van der Waals surface area contributed by atoms with Gasteiger partial charge in [0, 0.05) is 86.3 Å². The third-order valence-electron chi connectivity index (χ3n) is 9.50. The average molecular weight is 687 g/mol. The van der Waals surface area contributed by atoms with E-state index in [0.717, 1.165) is 75.4 Å². The number of benzene rings is 2. The quantitative estimate of drug-likeness (QED) is 0.193. The summed E-state index contributed by atoms with van der Waals surface area (Å²) in [4.78, 5) is 39.9. The maximum atomic E-state index is 13.2. The van der Waals surface area contributed by atoms with Crippen LogP contribution >= 0.6 is 11.6 Å². The number of carbonyl (C=O) groups is 2. The second-order valence-electron chi connectivity index (χ2n) is 12.9. The number of likely N-dealkylation sites (tertiary alicyclic amines) is 1. The molecule has 3 aromatic heterocycles. The zero-order valence-electron chi connectivity index (χ0n) is 27.7. The second kappa shape index (κ2) is 15.6. The zero-order valence-corrected chi connectivity index (χ0v) is 28.5. The highest BCUT2D eigenvalue weighted by atomic mass is 35.5. The number of halogens is 1. The van der Waals surface area contributed by atoms with Gasteiger partial charge in [0.2, 0.25) is 0 Å². The van der Waals surface area contributed by atoms with Crippen molar-refractivity contribution in [3.63, 3.8) is 0 Å². The van der Waals surface area contributed by atoms with Crippen LogP contribution in [0.2, 0.25) is 5.02 Å². The molecule has 2 aromatic carbocycles. The van der Waals surface area contributed by atoms with Crippen LogP contribution in [0.5, 0.6) is 0 Å². The largest absolute Gasteiger partial charge is 0.356 e. The lowest BCUT2D eigenvalue weighted by Gasteiger charge is -2.34. The van der Waals surface area contributed by atoms with Crippen LogP contribution in [-0.2, 0) is 6.54 Å². The average Bonchev–Trinajstić information content (AvgIpc) is 3.17. The van der Waals surface area contributed by atoms with Crippen molar-refractivity contribution in [1.29, 1.82) is 0 Å². The van der Waals surface area contributed by atoms with Gasteiger partial charge in [-0.05, 0) is 79.3 Å². The molecule has 0 aliphatic carbocycles. The van der Waals surface area contributed by atoms with E-state index in [1.807, 2.05) is 67.0 Å². The van der Waals surface area contributed by atoms with Crippen molar-refractivity contribution in [3.8, 4) is 22.4 Å². The van der Waals surface area contributed by atoms with Crippen molar-refractivity contribution < 1.29 is 9.59 Å². The molecule has 0 atom stereocenters. The maximum Gasteiger partial charge on any atom is 0.253 e. The summed E-state index contributed by atoms with van der Waals surface area (Å²) in [5, 5.41) is 14.9. The Labute approximate surface area is 296 Å². The van der Waals surface area contributed by atoms with Gasteiger partial charge >= 0.3 is 0 Å². The van der Waals surface area contributed by atoms with E-state index >= 15 is 0 Å². The van der Waals surface area contributed by atoms with Crippen LogP contribution in [0.15, 0.2) is 104 Å². The van der Waals surface area contributed by atoms with E-state index in [0.29, 0.717) is 27.4 Å². The predicted octanol–water partition coefficient (Wildman–Crippen LogP) is 6.05. The first-order chi connectivity index (χ1) is 24.5. The molecule has 11 heteroatoms. The molecule has 2 fully saturated rings. The highest BCUT2D eigenvalue weighted by molar-refractivity contribution is 6.36. The number of hydrogen-bond acceptors (Lipinski definition) is 8. The highest BCUT2D eigenvalue weighted by Crippen LogP contribution is 2.29. The van der Waals surface area contributed by atoms with Crippen molar-refractivity contribution >= 4 is 29.2 Å². The molecule has 7 rings (SSSR count). The summed E-state index contributed by atoms with van der Waals surface area (Å²) in [5.74, 6) is 0.750. The fourth-order valence-electron chi connectivity index (χ4n) is 6.70. The number of hydrogen-bond donors (Lipinski definition) is 2. The van der Waals surface area contributed by atoms with Crippen LogP contribution in [0.1, 0.15) is 52.0 Å². The summed E-state index contributed by atoms with van der Waals surface area (Å²) >= 11 is 6.63. The minimum atomic E-state index is -0.169. The molecule has 254 valence electrons. The van der Waals surface area contributed by atoms with Crippen molar-refractivity contribution in [2.45, 2.75) is 44.3 Å². The summed E-state index contributed by atoms with van der Waals surface area (Å²) in [6, 6.07) is 25.1. The lowest BCUT2D eigenvalue weighted by atomic mass is 10.0. The van der Waals surface area contributed by atoms with Crippen LogP contribution in [0.3, 0.4) is 0 Å². The SMILES string of the molecule is O=C(NC1CCN(c2ccc(CN3CCC(NC(=O)c4cccc(-c5cccnn5)c4Cl)CC3)cn2)CC1)c1cccc(-c2cccnc2)c1. The molecule has 2 aliphatic heterocycles. The molecule has 2 amide bonds. The number of nitrogens with zero attached hydrogens (tertiary/aromatic N) is 6. The van der Waals surface area contributed by atoms with E-state index in [1.165, 1.54) is 5.56 Å². The highest BCUT2D eigenvalue weighted by Gasteiger charge is 2.25. The van der Waals surface area contributed by atoms with Gasteiger partial charge in [-0.2, -0.15) is 10.2 Å². The predicted molar refractivity (Wildman–Crippen MR) is 195 cm³/mol. The van der Waals surface area contributed by atoms with Crippen molar-refractivity contribution in [1.82, 2.24) is 35.7 Å². The number of rotatable bonds is 9. The molecule has 50 heavy (non-hydrogen) atoms. The van der Waals surface area contributed by atoms with Crippen LogP contribution in [0, 0.1) is 0 Å². The van der Waals surface area contributed by atoms with Gasteiger partial charge in [0.25, 0.3) is 11.8 Å². The first kappa shape index (κ1) is 33.3. The summed E-state index contributed by atoms with van der Waals surface area (Å²) in [6.07, 6.45) is 10.6. The number of aromatic nitrogens is 4. The van der Waals surface area contributed by atoms with Crippen molar-refractivity contribution in [3.05, 3.63) is 125 Å². The van der Waals surface area contributed by atoms with Crippen LogP contribution in [-0.4, -0.2) is 75.1 Å². The van der Waals surface area contributed by atoms with Crippen molar-refractivity contribution in [2.24, 2.45) is 0 Å². The number of nitrogens with one attached hydrogen (secondary N) is 2. The fraction of sp³-hybridized carbons (Fsp3) is 0.282.